The van der Waals surface area contributed by atoms with Crippen LogP contribution in [0.5, 0.6) is 0 Å². The van der Waals surface area contributed by atoms with E-state index in [1.54, 1.807) is 0 Å². The molecule has 0 radical (unpaired) electrons. The standard InChI is InChI=1S/C16H20F3N5/c1-13-10-21-24(12-13)9-6-22-4-7-23(8-5-22)15-3-2-14(11-20-15)16(17,18)19/h2-3,10-12H,4-9H2,1H3. The van der Waals surface area contributed by atoms with Gasteiger partial charge in [0.25, 0.3) is 0 Å². The minimum atomic E-state index is -4.34. The van der Waals surface area contributed by atoms with Gasteiger partial charge < -0.3 is 4.90 Å². The van der Waals surface area contributed by atoms with Gasteiger partial charge in [0.1, 0.15) is 5.82 Å². The maximum absolute atomic E-state index is 12.6. The van der Waals surface area contributed by atoms with Gasteiger partial charge in [0.15, 0.2) is 0 Å². The minimum Gasteiger partial charge on any atom is -0.354 e. The number of aryl methyl sites for hydroxylation is 1. The summed E-state index contributed by atoms with van der Waals surface area (Å²) in [5.41, 5.74) is 0.438. The molecule has 0 aromatic carbocycles. The zero-order chi connectivity index (χ0) is 17.2. The van der Waals surface area contributed by atoms with Crippen molar-refractivity contribution in [2.75, 3.05) is 37.6 Å². The van der Waals surface area contributed by atoms with E-state index in [9.17, 15) is 13.2 Å². The highest BCUT2D eigenvalue weighted by atomic mass is 19.4. The van der Waals surface area contributed by atoms with Crippen LogP contribution in [0.25, 0.3) is 0 Å². The van der Waals surface area contributed by atoms with Crippen molar-refractivity contribution in [2.24, 2.45) is 0 Å². The van der Waals surface area contributed by atoms with Crippen molar-refractivity contribution < 1.29 is 13.2 Å². The van der Waals surface area contributed by atoms with Gasteiger partial charge in [0.05, 0.1) is 18.3 Å². The Hall–Kier alpha value is -2.09. The molecule has 0 spiro atoms. The fourth-order valence-electron chi connectivity index (χ4n) is 2.77. The second-order valence-electron chi connectivity index (χ2n) is 6.01. The lowest BCUT2D eigenvalue weighted by atomic mass is 10.2. The van der Waals surface area contributed by atoms with Crippen molar-refractivity contribution in [1.82, 2.24) is 19.7 Å². The summed E-state index contributed by atoms with van der Waals surface area (Å²) in [4.78, 5) is 8.32. The van der Waals surface area contributed by atoms with Gasteiger partial charge in [-0.15, -0.1) is 0 Å². The van der Waals surface area contributed by atoms with Gasteiger partial charge in [-0.3, -0.25) is 9.58 Å². The Balaban J connectivity index is 1.49. The van der Waals surface area contributed by atoms with Gasteiger partial charge >= 0.3 is 6.18 Å². The van der Waals surface area contributed by atoms with E-state index in [0.29, 0.717) is 5.82 Å². The first-order valence-corrected chi connectivity index (χ1v) is 7.91. The second kappa shape index (κ2) is 6.80. The summed E-state index contributed by atoms with van der Waals surface area (Å²) in [6.07, 6.45) is 0.424. The van der Waals surface area contributed by atoms with Crippen LogP contribution in [-0.2, 0) is 12.7 Å². The molecule has 130 valence electrons. The summed E-state index contributed by atoms with van der Waals surface area (Å²) in [7, 11) is 0. The van der Waals surface area contributed by atoms with E-state index in [-0.39, 0.29) is 0 Å². The van der Waals surface area contributed by atoms with Crippen molar-refractivity contribution in [3.63, 3.8) is 0 Å². The quantitative estimate of drug-likeness (QED) is 0.857. The van der Waals surface area contributed by atoms with Crippen LogP contribution in [0.15, 0.2) is 30.7 Å². The van der Waals surface area contributed by atoms with Crippen molar-refractivity contribution in [3.8, 4) is 0 Å². The number of pyridine rings is 1. The molecule has 2 aromatic heterocycles. The normalized spacial score (nSPS) is 16.6. The number of piperazine rings is 1. The molecule has 0 bridgehead atoms. The van der Waals surface area contributed by atoms with Gasteiger partial charge in [0, 0.05) is 45.1 Å². The molecule has 8 heteroatoms. The Morgan fingerprint density at radius 1 is 1.04 bits per heavy atom. The van der Waals surface area contributed by atoms with Crippen molar-refractivity contribution in [2.45, 2.75) is 19.6 Å². The van der Waals surface area contributed by atoms with Crippen LogP contribution >= 0.6 is 0 Å². The maximum atomic E-state index is 12.6. The number of halogens is 3. The number of anilines is 1. The highest BCUT2D eigenvalue weighted by molar-refractivity contribution is 5.40. The molecule has 0 amide bonds. The van der Waals surface area contributed by atoms with Crippen LogP contribution < -0.4 is 4.90 Å². The van der Waals surface area contributed by atoms with Crippen LogP contribution in [0, 0.1) is 6.92 Å². The third-order valence-electron chi connectivity index (χ3n) is 4.18. The Bertz CT molecular complexity index is 657. The van der Waals surface area contributed by atoms with E-state index in [2.05, 4.69) is 15.0 Å². The lowest BCUT2D eigenvalue weighted by Gasteiger charge is -2.35. The Labute approximate surface area is 138 Å². The summed E-state index contributed by atoms with van der Waals surface area (Å²) >= 11 is 0. The molecule has 0 N–H and O–H groups in total. The molecule has 5 nitrogen and oxygen atoms in total. The van der Waals surface area contributed by atoms with Crippen LogP contribution in [0.2, 0.25) is 0 Å². The topological polar surface area (TPSA) is 37.2 Å². The fourth-order valence-corrected chi connectivity index (χ4v) is 2.77. The van der Waals surface area contributed by atoms with Crippen molar-refractivity contribution in [3.05, 3.63) is 41.9 Å². The number of rotatable bonds is 4. The summed E-state index contributed by atoms with van der Waals surface area (Å²) in [5.74, 6) is 0.602. The van der Waals surface area contributed by atoms with E-state index < -0.39 is 11.7 Å². The number of aromatic nitrogens is 3. The first kappa shape index (κ1) is 16.8. The molecule has 0 unspecified atom stereocenters. The zero-order valence-corrected chi connectivity index (χ0v) is 13.5. The molecule has 3 heterocycles. The molecular formula is C16H20F3N5. The second-order valence-corrected chi connectivity index (χ2v) is 6.01. The highest BCUT2D eigenvalue weighted by Gasteiger charge is 2.31. The fraction of sp³-hybridized carbons (Fsp3) is 0.500. The highest BCUT2D eigenvalue weighted by Crippen LogP contribution is 2.29. The molecule has 1 aliphatic heterocycles. The van der Waals surface area contributed by atoms with E-state index in [1.807, 2.05) is 28.9 Å². The Morgan fingerprint density at radius 3 is 2.33 bits per heavy atom. The zero-order valence-electron chi connectivity index (χ0n) is 13.5. The summed E-state index contributed by atoms with van der Waals surface area (Å²) in [6, 6.07) is 2.54. The summed E-state index contributed by atoms with van der Waals surface area (Å²) in [6.45, 7) is 7.01. The maximum Gasteiger partial charge on any atom is 0.417 e. The number of hydrogen-bond donors (Lipinski definition) is 0. The minimum absolute atomic E-state index is 0.602. The number of alkyl halides is 3. The Kier molecular flexibility index (Phi) is 4.75. The SMILES string of the molecule is Cc1cnn(CCN2CCN(c3ccc(C(F)(F)F)cn3)CC2)c1. The Morgan fingerprint density at radius 2 is 1.79 bits per heavy atom. The van der Waals surface area contributed by atoms with Crippen molar-refractivity contribution in [1.29, 1.82) is 0 Å². The molecule has 24 heavy (non-hydrogen) atoms. The van der Waals surface area contributed by atoms with Crippen LogP contribution in [0.3, 0.4) is 0 Å². The molecule has 3 rings (SSSR count). The lowest BCUT2D eigenvalue weighted by molar-refractivity contribution is -0.137. The van der Waals surface area contributed by atoms with E-state index in [0.717, 1.165) is 57.1 Å². The average molecular weight is 339 g/mol. The summed E-state index contributed by atoms with van der Waals surface area (Å²) in [5, 5.41) is 4.27. The number of nitrogens with zero attached hydrogens (tertiary/aromatic N) is 5. The average Bonchev–Trinajstić information content (AvgIpc) is 2.98. The third kappa shape index (κ3) is 4.05. The number of hydrogen-bond acceptors (Lipinski definition) is 4. The van der Waals surface area contributed by atoms with E-state index in [1.165, 1.54) is 6.07 Å². The van der Waals surface area contributed by atoms with Gasteiger partial charge in [-0.2, -0.15) is 18.3 Å². The molecule has 1 aliphatic rings. The first-order valence-electron chi connectivity index (χ1n) is 7.91. The molecule has 1 fully saturated rings. The van der Waals surface area contributed by atoms with E-state index >= 15 is 0 Å². The largest absolute Gasteiger partial charge is 0.417 e. The van der Waals surface area contributed by atoms with Gasteiger partial charge in [0.2, 0.25) is 0 Å². The summed E-state index contributed by atoms with van der Waals surface area (Å²) < 4.78 is 39.6. The monoisotopic (exact) mass is 339 g/mol. The first-order chi connectivity index (χ1) is 11.4. The molecule has 0 aliphatic carbocycles. The van der Waals surface area contributed by atoms with Crippen LogP contribution in [0.4, 0.5) is 19.0 Å². The predicted octanol–water partition coefficient (Wildman–Crippen LogP) is 2.43. The smallest absolute Gasteiger partial charge is 0.354 e. The third-order valence-corrected chi connectivity index (χ3v) is 4.18. The molecule has 1 saturated heterocycles. The van der Waals surface area contributed by atoms with Crippen molar-refractivity contribution >= 4 is 5.82 Å². The van der Waals surface area contributed by atoms with Gasteiger partial charge in [-0.25, -0.2) is 4.98 Å². The molecule has 0 saturated carbocycles. The predicted molar refractivity (Wildman–Crippen MR) is 84.9 cm³/mol. The molecule has 2 aromatic rings. The van der Waals surface area contributed by atoms with Gasteiger partial charge in [-0.1, -0.05) is 0 Å². The van der Waals surface area contributed by atoms with Crippen LogP contribution in [-0.4, -0.2) is 52.4 Å². The molecular weight excluding hydrogens is 319 g/mol. The van der Waals surface area contributed by atoms with E-state index in [4.69, 9.17) is 0 Å². The van der Waals surface area contributed by atoms with Crippen LogP contribution in [0.1, 0.15) is 11.1 Å². The molecule has 0 atom stereocenters. The van der Waals surface area contributed by atoms with Gasteiger partial charge in [-0.05, 0) is 24.6 Å². The lowest BCUT2D eigenvalue weighted by Crippen LogP contribution is -2.47.